The summed E-state index contributed by atoms with van der Waals surface area (Å²) in [4.78, 5) is 39.3. The van der Waals surface area contributed by atoms with Crippen LogP contribution in [0.25, 0.3) is 0 Å². The molecule has 0 fully saturated rings. The fourth-order valence-electron chi connectivity index (χ4n) is 2.76. The SMILES string of the molecule is CCOC(=O)c1c(C)[nH]c(C(=O)[C@@H](C)Oc2cccc(C(C)=O)c2)c1C. The number of ketones is 2. The predicted molar refractivity (Wildman–Crippen MR) is 97.1 cm³/mol. The molecule has 2 aromatic rings. The first-order valence-corrected chi connectivity index (χ1v) is 8.44. The summed E-state index contributed by atoms with van der Waals surface area (Å²) < 4.78 is 10.7. The molecule has 0 bridgehead atoms. The first kappa shape index (κ1) is 19.4. The standard InChI is InChI=1S/C20H23NO5/c1-6-25-20(24)17-11(2)18(21-12(17)3)19(23)14(5)26-16-9-7-8-15(10-16)13(4)22/h7-10,14,21H,6H2,1-5H3/t14-/m1/s1. The second-order valence-electron chi connectivity index (χ2n) is 6.05. The smallest absolute Gasteiger partial charge is 0.340 e. The van der Waals surface area contributed by atoms with E-state index in [1.165, 1.54) is 6.92 Å². The molecule has 0 aliphatic heterocycles. The number of hydrogen-bond acceptors (Lipinski definition) is 5. The number of aryl methyl sites for hydroxylation is 1. The Bertz CT molecular complexity index is 850. The molecule has 6 heteroatoms. The van der Waals surface area contributed by atoms with Crippen LogP contribution in [-0.4, -0.2) is 35.2 Å². The van der Waals surface area contributed by atoms with Crippen molar-refractivity contribution < 1.29 is 23.9 Å². The topological polar surface area (TPSA) is 85.5 Å². The van der Waals surface area contributed by atoms with E-state index in [-0.39, 0.29) is 18.2 Å². The van der Waals surface area contributed by atoms with Crippen molar-refractivity contribution in [3.63, 3.8) is 0 Å². The number of hydrogen-bond donors (Lipinski definition) is 1. The van der Waals surface area contributed by atoms with E-state index in [9.17, 15) is 14.4 Å². The highest BCUT2D eigenvalue weighted by atomic mass is 16.5. The largest absolute Gasteiger partial charge is 0.482 e. The zero-order valence-electron chi connectivity index (χ0n) is 15.6. The van der Waals surface area contributed by atoms with Gasteiger partial charge in [0.05, 0.1) is 17.9 Å². The van der Waals surface area contributed by atoms with Crippen LogP contribution in [0.15, 0.2) is 24.3 Å². The summed E-state index contributed by atoms with van der Waals surface area (Å²) in [6, 6.07) is 6.67. The molecule has 1 heterocycles. The molecule has 0 aliphatic rings. The number of esters is 1. The van der Waals surface area contributed by atoms with E-state index in [0.717, 1.165) is 0 Å². The summed E-state index contributed by atoms with van der Waals surface area (Å²) in [5.41, 5.74) is 2.33. The maximum Gasteiger partial charge on any atom is 0.340 e. The Balaban J connectivity index is 2.23. The molecule has 26 heavy (non-hydrogen) atoms. The Labute approximate surface area is 152 Å². The maximum absolute atomic E-state index is 12.8. The van der Waals surface area contributed by atoms with Crippen LogP contribution in [0.4, 0.5) is 0 Å². The molecule has 0 saturated carbocycles. The predicted octanol–water partition coefficient (Wildman–Crippen LogP) is 3.66. The molecule has 0 amide bonds. The number of nitrogens with one attached hydrogen (secondary N) is 1. The zero-order chi connectivity index (χ0) is 19.4. The monoisotopic (exact) mass is 357 g/mol. The number of H-pyrrole nitrogens is 1. The molecule has 0 spiro atoms. The lowest BCUT2D eigenvalue weighted by molar-refractivity contribution is 0.0525. The maximum atomic E-state index is 12.8. The molecule has 0 aliphatic carbocycles. The molecule has 1 aromatic carbocycles. The highest BCUT2D eigenvalue weighted by molar-refractivity contribution is 6.03. The molecule has 1 aromatic heterocycles. The van der Waals surface area contributed by atoms with Gasteiger partial charge in [0.15, 0.2) is 11.9 Å². The summed E-state index contributed by atoms with van der Waals surface area (Å²) in [5, 5.41) is 0. The van der Waals surface area contributed by atoms with Gasteiger partial charge in [-0.25, -0.2) is 4.79 Å². The normalized spacial score (nSPS) is 11.7. The summed E-state index contributed by atoms with van der Waals surface area (Å²) in [5.74, 6) is -0.385. The van der Waals surface area contributed by atoms with Crippen LogP contribution in [0.3, 0.4) is 0 Å². The van der Waals surface area contributed by atoms with E-state index in [1.807, 2.05) is 0 Å². The van der Waals surface area contributed by atoms with Gasteiger partial charge in [-0.2, -0.15) is 0 Å². The average molecular weight is 357 g/mol. The lowest BCUT2D eigenvalue weighted by atomic mass is 10.1. The van der Waals surface area contributed by atoms with Crippen molar-refractivity contribution in [1.29, 1.82) is 0 Å². The van der Waals surface area contributed by atoms with E-state index < -0.39 is 12.1 Å². The van der Waals surface area contributed by atoms with Crippen LogP contribution in [0, 0.1) is 13.8 Å². The van der Waals surface area contributed by atoms with Crippen LogP contribution in [0.2, 0.25) is 0 Å². The fraction of sp³-hybridized carbons (Fsp3) is 0.350. The van der Waals surface area contributed by atoms with Crippen molar-refractivity contribution in [2.45, 2.75) is 40.7 Å². The molecule has 1 N–H and O–H groups in total. The van der Waals surface area contributed by atoms with Gasteiger partial charge in [-0.05, 0) is 52.3 Å². The number of aromatic nitrogens is 1. The van der Waals surface area contributed by atoms with Crippen LogP contribution >= 0.6 is 0 Å². The van der Waals surface area contributed by atoms with E-state index in [2.05, 4.69) is 4.98 Å². The van der Waals surface area contributed by atoms with Gasteiger partial charge >= 0.3 is 5.97 Å². The van der Waals surface area contributed by atoms with Crippen molar-refractivity contribution in [1.82, 2.24) is 4.98 Å². The molecule has 0 saturated heterocycles. The summed E-state index contributed by atoms with van der Waals surface area (Å²) in [6.07, 6.45) is -0.788. The Morgan fingerprint density at radius 3 is 2.50 bits per heavy atom. The van der Waals surface area contributed by atoms with E-state index in [1.54, 1.807) is 52.0 Å². The second kappa shape index (κ2) is 7.99. The van der Waals surface area contributed by atoms with Gasteiger partial charge < -0.3 is 14.5 Å². The van der Waals surface area contributed by atoms with Crippen molar-refractivity contribution in [3.05, 3.63) is 52.3 Å². The Morgan fingerprint density at radius 1 is 1.19 bits per heavy atom. The highest BCUT2D eigenvalue weighted by Crippen LogP contribution is 2.22. The number of aromatic amines is 1. The lowest BCUT2D eigenvalue weighted by Gasteiger charge is -2.14. The number of Topliss-reactive ketones (excluding diaryl/α,β-unsaturated/α-hetero) is 2. The Kier molecular flexibility index (Phi) is 5.97. The first-order valence-electron chi connectivity index (χ1n) is 8.44. The molecule has 0 unspecified atom stereocenters. The van der Waals surface area contributed by atoms with E-state index in [4.69, 9.17) is 9.47 Å². The van der Waals surface area contributed by atoms with E-state index in [0.29, 0.717) is 33.8 Å². The molecule has 138 valence electrons. The zero-order valence-corrected chi connectivity index (χ0v) is 15.6. The average Bonchev–Trinajstić information content (AvgIpc) is 2.89. The van der Waals surface area contributed by atoms with E-state index >= 15 is 0 Å². The summed E-state index contributed by atoms with van der Waals surface area (Å²) in [6.45, 7) is 8.51. The third kappa shape index (κ3) is 4.02. The van der Waals surface area contributed by atoms with Crippen LogP contribution < -0.4 is 4.74 Å². The van der Waals surface area contributed by atoms with Gasteiger partial charge in [0, 0.05) is 11.3 Å². The number of carbonyl (C=O) groups is 3. The number of carbonyl (C=O) groups excluding carboxylic acids is 3. The Morgan fingerprint density at radius 2 is 1.88 bits per heavy atom. The minimum absolute atomic E-state index is 0.0793. The highest BCUT2D eigenvalue weighted by Gasteiger charge is 2.26. The third-order valence-electron chi connectivity index (χ3n) is 4.09. The van der Waals surface area contributed by atoms with Crippen molar-refractivity contribution in [2.24, 2.45) is 0 Å². The minimum atomic E-state index is -0.788. The van der Waals surface area contributed by atoms with Gasteiger partial charge in [0.1, 0.15) is 5.75 Å². The van der Waals surface area contributed by atoms with Gasteiger partial charge in [0.2, 0.25) is 5.78 Å². The van der Waals surface area contributed by atoms with Crippen LogP contribution in [0.1, 0.15) is 63.2 Å². The fourth-order valence-corrected chi connectivity index (χ4v) is 2.76. The first-order chi connectivity index (χ1) is 12.3. The lowest BCUT2D eigenvalue weighted by Crippen LogP contribution is -2.25. The van der Waals surface area contributed by atoms with Crippen molar-refractivity contribution >= 4 is 17.5 Å². The van der Waals surface area contributed by atoms with Gasteiger partial charge in [-0.15, -0.1) is 0 Å². The van der Waals surface area contributed by atoms with Crippen molar-refractivity contribution in [2.75, 3.05) is 6.61 Å². The molecule has 2 rings (SSSR count). The number of benzene rings is 1. The van der Waals surface area contributed by atoms with Gasteiger partial charge in [0.25, 0.3) is 0 Å². The minimum Gasteiger partial charge on any atom is -0.482 e. The molecule has 0 radical (unpaired) electrons. The van der Waals surface area contributed by atoms with Crippen LogP contribution in [-0.2, 0) is 4.74 Å². The Hall–Kier alpha value is -2.89. The third-order valence-corrected chi connectivity index (χ3v) is 4.09. The second-order valence-corrected chi connectivity index (χ2v) is 6.05. The molecule has 1 atom stereocenters. The molecule has 6 nitrogen and oxygen atoms in total. The number of ether oxygens (including phenoxy) is 2. The van der Waals surface area contributed by atoms with Gasteiger partial charge in [-0.3, -0.25) is 9.59 Å². The molecular weight excluding hydrogens is 334 g/mol. The quantitative estimate of drug-likeness (QED) is 0.604. The number of rotatable bonds is 7. The molecular formula is C20H23NO5. The summed E-state index contributed by atoms with van der Waals surface area (Å²) >= 11 is 0. The van der Waals surface area contributed by atoms with Gasteiger partial charge in [-0.1, -0.05) is 12.1 Å². The van der Waals surface area contributed by atoms with Crippen molar-refractivity contribution in [3.8, 4) is 5.75 Å². The summed E-state index contributed by atoms with van der Waals surface area (Å²) in [7, 11) is 0. The van der Waals surface area contributed by atoms with Crippen LogP contribution in [0.5, 0.6) is 5.75 Å².